The Morgan fingerprint density at radius 3 is 2.59 bits per heavy atom. The number of hydrogen-bond donors (Lipinski definition) is 0. The molecule has 1 atom stereocenters. The summed E-state index contributed by atoms with van der Waals surface area (Å²) in [6, 6.07) is 1.80. The molecule has 0 aromatic carbocycles. The van der Waals surface area contributed by atoms with Gasteiger partial charge in [-0.25, -0.2) is 14.6 Å². The van der Waals surface area contributed by atoms with E-state index in [4.69, 9.17) is 0 Å². The molecule has 0 spiro atoms. The number of amides is 1. The van der Waals surface area contributed by atoms with Gasteiger partial charge in [0.2, 0.25) is 17.0 Å². The number of hydrogen-bond acceptors (Lipinski definition) is 8. The van der Waals surface area contributed by atoms with Crippen molar-refractivity contribution in [1.82, 2.24) is 35.1 Å². The molecule has 3 heterocycles. The molecule has 0 N–H and O–H groups in total. The van der Waals surface area contributed by atoms with Gasteiger partial charge in [0.15, 0.2) is 0 Å². The number of tetrazole rings is 1. The Kier molecular flexibility index (Phi) is 6.38. The number of anilines is 1. The Labute approximate surface area is 162 Å². The summed E-state index contributed by atoms with van der Waals surface area (Å²) < 4.78 is 1.66. The van der Waals surface area contributed by atoms with Crippen LogP contribution in [0.2, 0.25) is 0 Å². The van der Waals surface area contributed by atoms with E-state index in [2.05, 4.69) is 37.0 Å². The van der Waals surface area contributed by atoms with E-state index in [0.717, 1.165) is 13.1 Å². The normalized spacial score (nSPS) is 15.8. The number of rotatable bonds is 7. The molecule has 0 aliphatic carbocycles. The molecule has 1 aliphatic heterocycles. The number of nitrogens with zero attached hydrogens (tertiary/aromatic N) is 8. The average molecular weight is 389 g/mol. The molecule has 0 bridgehead atoms. The van der Waals surface area contributed by atoms with Crippen molar-refractivity contribution in [3.63, 3.8) is 0 Å². The van der Waals surface area contributed by atoms with Crippen molar-refractivity contribution >= 4 is 23.6 Å². The largest absolute Gasteiger partial charge is 0.338 e. The number of allylic oxidation sites excluding steroid dienone is 1. The zero-order chi connectivity index (χ0) is 19.2. The lowest BCUT2D eigenvalue weighted by Crippen LogP contribution is -2.52. The van der Waals surface area contributed by atoms with Crippen LogP contribution in [0.25, 0.3) is 0 Å². The molecule has 1 aliphatic rings. The first-order chi connectivity index (χ1) is 13.1. The molecule has 144 valence electrons. The summed E-state index contributed by atoms with van der Waals surface area (Å²) in [5, 5.41) is 12.1. The van der Waals surface area contributed by atoms with Gasteiger partial charge in [-0.3, -0.25) is 4.79 Å². The lowest BCUT2D eigenvalue weighted by molar-refractivity contribution is -0.131. The van der Waals surface area contributed by atoms with Crippen LogP contribution in [0, 0.1) is 5.92 Å². The Morgan fingerprint density at radius 2 is 1.96 bits per heavy atom. The second-order valence-electron chi connectivity index (χ2n) is 6.58. The number of aromatic nitrogens is 6. The van der Waals surface area contributed by atoms with E-state index in [1.54, 1.807) is 29.2 Å². The lowest BCUT2D eigenvalue weighted by Gasteiger charge is -2.36. The van der Waals surface area contributed by atoms with Crippen LogP contribution in [0.1, 0.15) is 13.8 Å². The predicted octanol–water partition coefficient (Wildman–Crippen LogP) is 1.11. The van der Waals surface area contributed by atoms with Crippen molar-refractivity contribution in [3.8, 4) is 0 Å². The van der Waals surface area contributed by atoms with Gasteiger partial charge in [0.25, 0.3) is 0 Å². The average Bonchev–Trinajstić information content (AvgIpc) is 3.13. The van der Waals surface area contributed by atoms with Crippen LogP contribution in [0.15, 0.2) is 36.3 Å². The molecule has 10 heteroatoms. The van der Waals surface area contributed by atoms with Crippen molar-refractivity contribution in [2.45, 2.75) is 30.8 Å². The van der Waals surface area contributed by atoms with Crippen LogP contribution >= 0.6 is 11.8 Å². The lowest BCUT2D eigenvalue weighted by atomic mass is 10.1. The highest BCUT2D eigenvalue weighted by Crippen LogP contribution is 2.28. The standard InChI is InChI=1S/C17H24N8OS/c1-4-8-25-17(20-21-22-25)27-14(13(2)3)15(26)23-9-11-24(12-10-23)16-18-6-5-7-19-16/h4-7,13-14H,1,8-12H2,2-3H3. The fraction of sp³-hybridized carbons (Fsp3) is 0.529. The highest BCUT2D eigenvalue weighted by Gasteiger charge is 2.32. The molecular formula is C17H24N8OS. The van der Waals surface area contributed by atoms with Crippen molar-refractivity contribution < 1.29 is 4.79 Å². The van der Waals surface area contributed by atoms with Crippen LogP contribution in [0.5, 0.6) is 0 Å². The van der Waals surface area contributed by atoms with Crippen LogP contribution in [-0.4, -0.2) is 72.4 Å². The van der Waals surface area contributed by atoms with Gasteiger partial charge in [-0.2, -0.15) is 0 Å². The first kappa shape index (κ1) is 19.3. The van der Waals surface area contributed by atoms with E-state index in [1.165, 1.54) is 11.8 Å². The van der Waals surface area contributed by atoms with E-state index >= 15 is 0 Å². The van der Waals surface area contributed by atoms with E-state index in [1.807, 2.05) is 18.7 Å². The molecule has 0 radical (unpaired) electrons. The minimum atomic E-state index is -0.237. The fourth-order valence-electron chi connectivity index (χ4n) is 2.86. The van der Waals surface area contributed by atoms with E-state index in [9.17, 15) is 4.79 Å². The van der Waals surface area contributed by atoms with Gasteiger partial charge < -0.3 is 9.80 Å². The maximum atomic E-state index is 13.1. The van der Waals surface area contributed by atoms with Crippen LogP contribution < -0.4 is 4.90 Å². The molecule has 0 saturated carbocycles. The van der Waals surface area contributed by atoms with E-state index in [0.29, 0.717) is 30.7 Å². The third kappa shape index (κ3) is 4.62. The molecular weight excluding hydrogens is 364 g/mol. The Morgan fingerprint density at radius 1 is 1.26 bits per heavy atom. The summed E-state index contributed by atoms with van der Waals surface area (Å²) in [4.78, 5) is 25.7. The van der Waals surface area contributed by atoms with Gasteiger partial charge >= 0.3 is 0 Å². The third-order valence-electron chi connectivity index (χ3n) is 4.31. The molecule has 1 fully saturated rings. The summed E-state index contributed by atoms with van der Waals surface area (Å²) in [7, 11) is 0. The van der Waals surface area contributed by atoms with Gasteiger partial charge in [-0.15, -0.1) is 11.7 Å². The zero-order valence-corrected chi connectivity index (χ0v) is 16.4. The number of carbonyl (C=O) groups is 1. The minimum Gasteiger partial charge on any atom is -0.338 e. The smallest absolute Gasteiger partial charge is 0.236 e. The molecule has 1 amide bonds. The van der Waals surface area contributed by atoms with E-state index < -0.39 is 0 Å². The third-order valence-corrected chi connectivity index (χ3v) is 5.81. The molecule has 9 nitrogen and oxygen atoms in total. The van der Waals surface area contributed by atoms with Crippen LogP contribution in [-0.2, 0) is 11.3 Å². The SMILES string of the molecule is C=CCn1nnnc1SC(C(=O)N1CCN(c2ncccn2)CC1)C(C)C. The fourth-order valence-corrected chi connectivity index (χ4v) is 3.93. The van der Waals surface area contributed by atoms with Gasteiger partial charge in [0.1, 0.15) is 0 Å². The van der Waals surface area contributed by atoms with Gasteiger partial charge in [-0.1, -0.05) is 31.7 Å². The highest BCUT2D eigenvalue weighted by molar-refractivity contribution is 8.00. The molecule has 27 heavy (non-hydrogen) atoms. The number of thioether (sulfide) groups is 1. The van der Waals surface area contributed by atoms with Crippen molar-refractivity contribution in [1.29, 1.82) is 0 Å². The molecule has 2 aromatic heterocycles. The summed E-state index contributed by atoms with van der Waals surface area (Å²) in [5.41, 5.74) is 0. The summed E-state index contributed by atoms with van der Waals surface area (Å²) in [6.45, 7) is 11.1. The monoisotopic (exact) mass is 388 g/mol. The predicted molar refractivity (Wildman–Crippen MR) is 103 cm³/mol. The second kappa shape index (κ2) is 8.94. The van der Waals surface area contributed by atoms with Crippen molar-refractivity contribution in [2.24, 2.45) is 5.92 Å². The first-order valence-corrected chi connectivity index (χ1v) is 9.82. The summed E-state index contributed by atoms with van der Waals surface area (Å²) >= 11 is 1.42. The van der Waals surface area contributed by atoms with Gasteiger partial charge in [0, 0.05) is 38.6 Å². The van der Waals surface area contributed by atoms with Crippen LogP contribution in [0.4, 0.5) is 5.95 Å². The maximum absolute atomic E-state index is 13.1. The Bertz CT molecular complexity index is 757. The number of piperazine rings is 1. The summed E-state index contributed by atoms with van der Waals surface area (Å²) in [6.07, 6.45) is 5.20. The quantitative estimate of drug-likeness (QED) is 0.514. The van der Waals surface area contributed by atoms with Crippen LogP contribution in [0.3, 0.4) is 0 Å². The van der Waals surface area contributed by atoms with Gasteiger partial charge in [-0.05, 0) is 22.4 Å². The van der Waals surface area contributed by atoms with E-state index in [-0.39, 0.29) is 17.1 Å². The zero-order valence-electron chi connectivity index (χ0n) is 15.6. The number of carbonyl (C=O) groups excluding carboxylic acids is 1. The highest BCUT2D eigenvalue weighted by atomic mass is 32.2. The maximum Gasteiger partial charge on any atom is 0.236 e. The Hall–Kier alpha value is -2.49. The topological polar surface area (TPSA) is 92.9 Å². The minimum absolute atomic E-state index is 0.122. The molecule has 1 unspecified atom stereocenters. The van der Waals surface area contributed by atoms with Crippen molar-refractivity contribution in [2.75, 3.05) is 31.1 Å². The first-order valence-electron chi connectivity index (χ1n) is 8.94. The summed E-state index contributed by atoms with van der Waals surface area (Å²) in [5.74, 6) is 0.992. The second-order valence-corrected chi connectivity index (χ2v) is 7.68. The molecule has 2 aromatic rings. The molecule has 3 rings (SSSR count). The molecule has 1 saturated heterocycles. The van der Waals surface area contributed by atoms with Crippen molar-refractivity contribution in [3.05, 3.63) is 31.1 Å². The Balaban J connectivity index is 1.64. The van der Waals surface area contributed by atoms with Gasteiger partial charge in [0.05, 0.1) is 11.8 Å².